The molecule has 30 heavy (non-hydrogen) atoms. The fourth-order valence-electron chi connectivity index (χ4n) is 3.57. The summed E-state index contributed by atoms with van der Waals surface area (Å²) < 4.78 is 18.6. The second-order valence-corrected chi connectivity index (χ2v) is 6.84. The smallest absolute Gasteiger partial charge is 0.232 e. The zero-order valence-corrected chi connectivity index (χ0v) is 16.9. The number of ether oxygens (including phenoxy) is 2. The molecule has 0 fully saturated rings. The van der Waals surface area contributed by atoms with Crippen molar-refractivity contribution >= 4 is 16.7 Å². The highest BCUT2D eigenvalue weighted by Crippen LogP contribution is 2.42. The molecule has 0 bridgehead atoms. The van der Waals surface area contributed by atoms with E-state index < -0.39 is 0 Å². The van der Waals surface area contributed by atoms with Gasteiger partial charge in [-0.15, -0.1) is 5.10 Å². The van der Waals surface area contributed by atoms with Crippen LogP contribution in [0.2, 0.25) is 0 Å². The largest absolute Gasteiger partial charge is 0.497 e. The van der Waals surface area contributed by atoms with Crippen molar-refractivity contribution < 1.29 is 13.9 Å². The number of fused-ring (bicyclic) bond motifs is 3. The first-order valence-electron chi connectivity index (χ1n) is 9.67. The summed E-state index contributed by atoms with van der Waals surface area (Å²) in [6.45, 7) is 2.03. The van der Waals surface area contributed by atoms with Crippen LogP contribution in [0.3, 0.4) is 0 Å². The molecule has 5 aromatic rings. The second-order valence-electron chi connectivity index (χ2n) is 6.84. The van der Waals surface area contributed by atoms with Gasteiger partial charge in [-0.1, -0.05) is 19.1 Å². The molecule has 3 aromatic heterocycles. The molecule has 2 aromatic carbocycles. The number of aryl methyl sites for hydroxylation is 1. The van der Waals surface area contributed by atoms with E-state index in [9.17, 15) is 0 Å². The van der Waals surface area contributed by atoms with Crippen LogP contribution in [-0.4, -0.2) is 33.8 Å². The Morgan fingerprint density at radius 3 is 2.13 bits per heavy atom. The highest BCUT2D eigenvalue weighted by Gasteiger charge is 2.23. The zero-order chi connectivity index (χ0) is 20.7. The molecule has 0 atom stereocenters. The maximum absolute atomic E-state index is 6.26. The highest BCUT2D eigenvalue weighted by atomic mass is 16.5. The summed E-state index contributed by atoms with van der Waals surface area (Å²) in [4.78, 5) is 9.22. The van der Waals surface area contributed by atoms with Crippen LogP contribution in [0.25, 0.3) is 39.2 Å². The number of aromatic nitrogens is 4. The Hall–Kier alpha value is -3.87. The summed E-state index contributed by atoms with van der Waals surface area (Å²) in [5, 5.41) is 5.35. The monoisotopic (exact) mass is 400 g/mol. The van der Waals surface area contributed by atoms with Crippen molar-refractivity contribution in [2.24, 2.45) is 0 Å². The third-order valence-corrected chi connectivity index (χ3v) is 5.12. The molecule has 0 spiro atoms. The van der Waals surface area contributed by atoms with Crippen molar-refractivity contribution in [3.8, 4) is 33.9 Å². The van der Waals surface area contributed by atoms with E-state index in [2.05, 4.69) is 10.1 Å². The lowest BCUT2D eigenvalue weighted by atomic mass is 9.99. The number of furan rings is 1. The Morgan fingerprint density at radius 1 is 0.900 bits per heavy atom. The van der Waals surface area contributed by atoms with E-state index in [0.29, 0.717) is 5.71 Å². The Kier molecular flexibility index (Phi) is 4.35. The topological polar surface area (TPSA) is 74.7 Å². The lowest BCUT2D eigenvalue weighted by Crippen LogP contribution is -1.91. The van der Waals surface area contributed by atoms with Crippen LogP contribution in [0.15, 0.2) is 59.3 Å². The molecule has 3 heterocycles. The minimum Gasteiger partial charge on any atom is -0.497 e. The van der Waals surface area contributed by atoms with Crippen LogP contribution < -0.4 is 9.47 Å². The lowest BCUT2D eigenvalue weighted by Gasteiger charge is -2.06. The molecule has 0 saturated heterocycles. The van der Waals surface area contributed by atoms with Gasteiger partial charge in [-0.05, 0) is 42.0 Å². The third-order valence-electron chi connectivity index (χ3n) is 5.12. The number of benzene rings is 2. The number of hydrogen-bond acceptors (Lipinski definition) is 6. The van der Waals surface area contributed by atoms with Gasteiger partial charge in [0.1, 0.15) is 23.6 Å². The van der Waals surface area contributed by atoms with Crippen molar-refractivity contribution in [2.45, 2.75) is 13.3 Å². The Labute approximate surface area is 172 Å². The fraction of sp³-hybridized carbons (Fsp3) is 0.174. The van der Waals surface area contributed by atoms with Crippen molar-refractivity contribution in [2.75, 3.05) is 14.2 Å². The number of nitrogens with zero attached hydrogens (tertiary/aromatic N) is 4. The van der Waals surface area contributed by atoms with Gasteiger partial charge in [-0.25, -0.2) is 14.5 Å². The van der Waals surface area contributed by atoms with Gasteiger partial charge in [0.25, 0.3) is 0 Å². The number of methoxy groups -OCH3 is 2. The molecule has 7 heteroatoms. The fourth-order valence-corrected chi connectivity index (χ4v) is 3.57. The van der Waals surface area contributed by atoms with Gasteiger partial charge in [-0.2, -0.15) is 0 Å². The lowest BCUT2D eigenvalue weighted by molar-refractivity contribution is 0.414. The average Bonchev–Trinajstić information content (AvgIpc) is 3.40. The molecule has 0 aliphatic heterocycles. The zero-order valence-electron chi connectivity index (χ0n) is 16.9. The quantitative estimate of drug-likeness (QED) is 0.422. The molecule has 0 aliphatic carbocycles. The van der Waals surface area contributed by atoms with E-state index in [4.69, 9.17) is 18.9 Å². The SMILES string of the molecule is CCc1nc2c3c(-c4ccc(OC)cc4)c(-c4ccc(OC)cc4)oc3ncn2n1. The van der Waals surface area contributed by atoms with Gasteiger partial charge in [0.2, 0.25) is 5.71 Å². The first kappa shape index (κ1) is 18.2. The average molecular weight is 400 g/mol. The molecule has 7 nitrogen and oxygen atoms in total. The van der Waals surface area contributed by atoms with Crippen molar-refractivity contribution in [3.63, 3.8) is 0 Å². The van der Waals surface area contributed by atoms with Crippen molar-refractivity contribution in [1.29, 1.82) is 0 Å². The van der Waals surface area contributed by atoms with E-state index in [1.165, 1.54) is 0 Å². The summed E-state index contributed by atoms with van der Waals surface area (Å²) in [5.41, 5.74) is 4.08. The van der Waals surface area contributed by atoms with Gasteiger partial charge >= 0.3 is 0 Å². The first-order valence-corrected chi connectivity index (χ1v) is 9.67. The molecule has 5 rings (SSSR count). The molecule has 0 N–H and O–H groups in total. The van der Waals surface area contributed by atoms with Crippen molar-refractivity contribution in [3.05, 3.63) is 60.7 Å². The minimum atomic E-state index is 0.522. The van der Waals surface area contributed by atoms with Gasteiger partial charge in [-0.3, -0.25) is 0 Å². The molecule has 0 radical (unpaired) electrons. The Morgan fingerprint density at radius 2 is 1.53 bits per heavy atom. The first-order chi connectivity index (χ1) is 14.7. The van der Waals surface area contributed by atoms with Crippen LogP contribution in [-0.2, 0) is 6.42 Å². The maximum Gasteiger partial charge on any atom is 0.232 e. The molecule has 0 amide bonds. The Bertz CT molecular complexity index is 1340. The number of hydrogen-bond donors (Lipinski definition) is 0. The summed E-state index contributed by atoms with van der Waals surface area (Å²) in [7, 11) is 3.30. The molecule has 0 unspecified atom stereocenters. The maximum atomic E-state index is 6.26. The number of rotatable bonds is 5. The van der Waals surface area contributed by atoms with E-state index in [-0.39, 0.29) is 0 Å². The van der Waals surface area contributed by atoms with Crippen LogP contribution in [0.5, 0.6) is 11.5 Å². The molecule has 0 saturated carbocycles. The van der Waals surface area contributed by atoms with Crippen LogP contribution in [0.4, 0.5) is 0 Å². The van der Waals surface area contributed by atoms with Gasteiger partial charge in [0.05, 0.1) is 19.6 Å². The second kappa shape index (κ2) is 7.18. The normalized spacial score (nSPS) is 11.3. The predicted octanol–water partition coefficient (Wildman–Crippen LogP) is 4.78. The summed E-state index contributed by atoms with van der Waals surface area (Å²) >= 11 is 0. The third kappa shape index (κ3) is 2.86. The van der Waals surface area contributed by atoms with E-state index in [1.54, 1.807) is 25.1 Å². The van der Waals surface area contributed by atoms with Gasteiger partial charge in [0, 0.05) is 17.5 Å². The van der Waals surface area contributed by atoms with Crippen LogP contribution >= 0.6 is 0 Å². The molecular formula is C23H20N4O3. The van der Waals surface area contributed by atoms with Crippen LogP contribution in [0, 0.1) is 0 Å². The molecular weight excluding hydrogens is 380 g/mol. The standard InChI is InChI=1S/C23H20N4O3/c1-4-18-25-22-20-19(14-5-9-16(28-2)10-6-14)21(15-7-11-17(29-3)12-8-15)30-23(20)24-13-27(22)26-18/h5-13H,4H2,1-3H3. The Balaban J connectivity index is 1.83. The summed E-state index contributed by atoms with van der Waals surface area (Å²) in [5.74, 6) is 3.06. The van der Waals surface area contributed by atoms with E-state index in [0.717, 1.165) is 57.2 Å². The highest BCUT2D eigenvalue weighted by molar-refractivity contribution is 6.07. The van der Waals surface area contributed by atoms with Crippen LogP contribution in [0.1, 0.15) is 12.7 Å². The van der Waals surface area contributed by atoms with E-state index in [1.807, 2.05) is 55.5 Å². The minimum absolute atomic E-state index is 0.522. The molecule has 150 valence electrons. The van der Waals surface area contributed by atoms with E-state index >= 15 is 0 Å². The summed E-state index contributed by atoms with van der Waals surface area (Å²) in [6, 6.07) is 15.7. The predicted molar refractivity (Wildman–Crippen MR) is 114 cm³/mol. The van der Waals surface area contributed by atoms with Gasteiger partial charge in [0.15, 0.2) is 11.5 Å². The summed E-state index contributed by atoms with van der Waals surface area (Å²) in [6.07, 6.45) is 2.38. The van der Waals surface area contributed by atoms with Gasteiger partial charge < -0.3 is 13.9 Å². The molecule has 0 aliphatic rings. The van der Waals surface area contributed by atoms with Crippen molar-refractivity contribution in [1.82, 2.24) is 19.6 Å².